The zero-order valence-electron chi connectivity index (χ0n) is 8.88. The minimum absolute atomic E-state index is 0.634. The van der Waals surface area contributed by atoms with Crippen LogP contribution < -0.4 is 0 Å². The van der Waals surface area contributed by atoms with Gasteiger partial charge in [0.15, 0.2) is 0 Å². The molecule has 1 unspecified atom stereocenters. The van der Waals surface area contributed by atoms with Crippen molar-refractivity contribution in [2.75, 3.05) is 0 Å². The van der Waals surface area contributed by atoms with Crippen LogP contribution in [-0.2, 0) is 0 Å². The SMILES string of the molecule is Cc1ccc(C(O)c2cc(Cl)c(Br)s2)cc1Br. The summed E-state index contributed by atoms with van der Waals surface area (Å²) in [5.74, 6) is 0. The molecule has 2 rings (SSSR count). The molecule has 1 heterocycles. The fourth-order valence-electron chi connectivity index (χ4n) is 1.44. The summed E-state index contributed by atoms with van der Waals surface area (Å²) in [4.78, 5) is 0.831. The Balaban J connectivity index is 2.36. The molecule has 1 nitrogen and oxygen atoms in total. The second-order valence-corrected chi connectivity index (χ2v) is 7.34. The molecule has 0 fully saturated rings. The molecule has 1 atom stereocenters. The first-order valence-electron chi connectivity index (χ1n) is 4.88. The average Bonchev–Trinajstić information content (AvgIpc) is 2.62. The molecule has 0 saturated heterocycles. The molecule has 0 radical (unpaired) electrons. The number of aryl methyl sites for hydroxylation is 1. The van der Waals surface area contributed by atoms with Crippen molar-refractivity contribution < 1.29 is 5.11 Å². The van der Waals surface area contributed by atoms with Gasteiger partial charge in [-0.15, -0.1) is 11.3 Å². The van der Waals surface area contributed by atoms with Crippen molar-refractivity contribution in [3.63, 3.8) is 0 Å². The van der Waals surface area contributed by atoms with Gasteiger partial charge in [-0.3, -0.25) is 0 Å². The molecular weight excluding hydrogens is 387 g/mol. The first-order valence-corrected chi connectivity index (χ1v) is 7.66. The van der Waals surface area contributed by atoms with Gasteiger partial charge >= 0.3 is 0 Å². The van der Waals surface area contributed by atoms with Crippen LogP contribution in [0.15, 0.2) is 32.5 Å². The standard InChI is InChI=1S/C12H9Br2ClOS/c1-6-2-3-7(4-8(6)13)11(16)10-5-9(15)12(14)17-10/h2-5,11,16H,1H3. The maximum absolute atomic E-state index is 10.3. The van der Waals surface area contributed by atoms with E-state index >= 15 is 0 Å². The fraction of sp³-hybridized carbons (Fsp3) is 0.167. The summed E-state index contributed by atoms with van der Waals surface area (Å²) in [5.41, 5.74) is 2.00. The van der Waals surface area contributed by atoms with Gasteiger partial charge in [0.05, 0.1) is 8.81 Å². The summed E-state index contributed by atoms with van der Waals surface area (Å²) in [6.07, 6.45) is -0.638. The Morgan fingerprint density at radius 1 is 1.29 bits per heavy atom. The van der Waals surface area contributed by atoms with Crippen molar-refractivity contribution in [1.82, 2.24) is 0 Å². The van der Waals surface area contributed by atoms with Gasteiger partial charge in [-0.25, -0.2) is 0 Å². The summed E-state index contributed by atoms with van der Waals surface area (Å²) in [6.45, 7) is 2.01. The smallest absolute Gasteiger partial charge is 0.113 e. The molecule has 1 aromatic heterocycles. The largest absolute Gasteiger partial charge is 0.383 e. The number of rotatable bonds is 2. The van der Waals surface area contributed by atoms with Crippen LogP contribution in [0.1, 0.15) is 22.1 Å². The Kier molecular flexibility index (Phi) is 4.31. The lowest BCUT2D eigenvalue weighted by Crippen LogP contribution is -1.97. The van der Waals surface area contributed by atoms with E-state index in [0.717, 1.165) is 24.3 Å². The van der Waals surface area contributed by atoms with Crippen molar-refractivity contribution in [2.24, 2.45) is 0 Å². The minimum Gasteiger partial charge on any atom is -0.383 e. The van der Waals surface area contributed by atoms with Gasteiger partial charge in [0.1, 0.15) is 6.10 Å². The molecule has 1 N–H and O–H groups in total. The Morgan fingerprint density at radius 2 is 2.00 bits per heavy atom. The van der Waals surface area contributed by atoms with Crippen LogP contribution in [0, 0.1) is 6.92 Å². The van der Waals surface area contributed by atoms with Crippen LogP contribution in [0.5, 0.6) is 0 Å². The molecule has 5 heteroatoms. The lowest BCUT2D eigenvalue weighted by Gasteiger charge is -2.10. The van der Waals surface area contributed by atoms with Gasteiger partial charge in [-0.1, -0.05) is 39.7 Å². The molecule has 0 aliphatic carbocycles. The van der Waals surface area contributed by atoms with E-state index in [2.05, 4.69) is 31.9 Å². The predicted octanol–water partition coefficient (Wildman–Crippen LogP) is 5.32. The third-order valence-electron chi connectivity index (χ3n) is 2.45. The van der Waals surface area contributed by atoms with Crippen molar-refractivity contribution in [3.05, 3.63) is 53.6 Å². The van der Waals surface area contributed by atoms with Gasteiger partial charge in [-0.05, 0) is 46.1 Å². The maximum atomic E-state index is 10.3. The van der Waals surface area contributed by atoms with Gasteiger partial charge < -0.3 is 5.11 Å². The summed E-state index contributed by atoms with van der Waals surface area (Å²) in [7, 11) is 0. The molecule has 2 aromatic rings. The predicted molar refractivity (Wildman–Crippen MR) is 80.0 cm³/mol. The molecule has 0 spiro atoms. The highest BCUT2D eigenvalue weighted by Gasteiger charge is 2.15. The van der Waals surface area contributed by atoms with E-state index in [1.54, 1.807) is 6.07 Å². The normalized spacial score (nSPS) is 12.8. The van der Waals surface area contributed by atoms with Gasteiger partial charge in [0.25, 0.3) is 0 Å². The van der Waals surface area contributed by atoms with E-state index in [4.69, 9.17) is 11.6 Å². The first kappa shape index (κ1) is 13.6. The monoisotopic (exact) mass is 394 g/mol. The van der Waals surface area contributed by atoms with Crippen molar-refractivity contribution in [3.8, 4) is 0 Å². The second-order valence-electron chi connectivity index (χ2n) is 3.68. The van der Waals surface area contributed by atoms with Crippen LogP contribution in [-0.4, -0.2) is 5.11 Å². The third-order valence-corrected chi connectivity index (χ3v) is 5.83. The first-order chi connectivity index (χ1) is 7.99. The molecule has 0 amide bonds. The molecule has 0 aliphatic rings. The van der Waals surface area contributed by atoms with E-state index in [-0.39, 0.29) is 0 Å². The maximum Gasteiger partial charge on any atom is 0.113 e. The highest BCUT2D eigenvalue weighted by molar-refractivity contribution is 9.11. The summed E-state index contributed by atoms with van der Waals surface area (Å²) < 4.78 is 1.84. The van der Waals surface area contributed by atoms with Crippen molar-refractivity contribution in [2.45, 2.75) is 13.0 Å². The number of hydrogen-bond donors (Lipinski definition) is 1. The fourth-order valence-corrected chi connectivity index (χ4v) is 3.60. The molecular formula is C12H9Br2ClOS. The minimum atomic E-state index is -0.638. The molecule has 0 aliphatic heterocycles. The van der Waals surface area contributed by atoms with Crippen LogP contribution in [0.4, 0.5) is 0 Å². The molecule has 17 heavy (non-hydrogen) atoms. The number of benzene rings is 1. The van der Waals surface area contributed by atoms with Crippen molar-refractivity contribution >= 4 is 54.8 Å². The van der Waals surface area contributed by atoms with E-state index < -0.39 is 6.10 Å². The van der Waals surface area contributed by atoms with Gasteiger partial charge in [0, 0.05) is 9.35 Å². The Hall–Kier alpha value is 0.130. The average molecular weight is 397 g/mol. The zero-order valence-corrected chi connectivity index (χ0v) is 13.6. The summed E-state index contributed by atoms with van der Waals surface area (Å²) >= 11 is 14.2. The van der Waals surface area contributed by atoms with E-state index in [0.29, 0.717) is 5.02 Å². The van der Waals surface area contributed by atoms with E-state index in [1.807, 2.05) is 25.1 Å². The second kappa shape index (κ2) is 5.41. The summed E-state index contributed by atoms with van der Waals surface area (Å²) in [5, 5.41) is 10.9. The quantitative estimate of drug-likeness (QED) is 0.729. The third kappa shape index (κ3) is 2.93. The Labute approximate surface area is 126 Å². The number of hydrogen-bond acceptors (Lipinski definition) is 2. The zero-order chi connectivity index (χ0) is 12.6. The molecule has 90 valence electrons. The van der Waals surface area contributed by atoms with Gasteiger partial charge in [0.2, 0.25) is 0 Å². The lowest BCUT2D eigenvalue weighted by molar-refractivity contribution is 0.224. The molecule has 0 saturated carbocycles. The highest BCUT2D eigenvalue weighted by atomic mass is 79.9. The summed E-state index contributed by atoms with van der Waals surface area (Å²) in [6, 6.07) is 7.62. The van der Waals surface area contributed by atoms with E-state index in [9.17, 15) is 5.11 Å². The van der Waals surface area contributed by atoms with Crippen LogP contribution >= 0.6 is 54.8 Å². The Morgan fingerprint density at radius 3 is 2.53 bits per heavy atom. The number of aliphatic hydroxyl groups excluding tert-OH is 1. The number of aliphatic hydroxyl groups is 1. The molecule has 1 aromatic carbocycles. The number of halogens is 3. The highest BCUT2D eigenvalue weighted by Crippen LogP contribution is 2.37. The van der Waals surface area contributed by atoms with Crippen molar-refractivity contribution in [1.29, 1.82) is 0 Å². The van der Waals surface area contributed by atoms with Crippen LogP contribution in [0.25, 0.3) is 0 Å². The lowest BCUT2D eigenvalue weighted by atomic mass is 10.1. The van der Waals surface area contributed by atoms with E-state index in [1.165, 1.54) is 11.3 Å². The van der Waals surface area contributed by atoms with Crippen LogP contribution in [0.2, 0.25) is 5.02 Å². The topological polar surface area (TPSA) is 20.2 Å². The van der Waals surface area contributed by atoms with Gasteiger partial charge in [-0.2, -0.15) is 0 Å². The Bertz CT molecular complexity index is 534. The number of thiophene rings is 1. The molecule has 0 bridgehead atoms. The van der Waals surface area contributed by atoms with Crippen LogP contribution in [0.3, 0.4) is 0 Å².